The second kappa shape index (κ2) is 11.4. The summed E-state index contributed by atoms with van der Waals surface area (Å²) in [7, 11) is 0. The standard InChI is InChI=1S/C16H25BrFN3O/c1-3-19-16(20-9-5-11-22-4-2)21-10-8-13-12-14(17)6-7-15(13)18/h6-7,12H,3-5,8-11H2,1-2H3,(H2,19,20,21). The lowest BCUT2D eigenvalue weighted by atomic mass is 10.1. The molecule has 6 heteroatoms. The Morgan fingerprint density at radius 1 is 1.32 bits per heavy atom. The number of benzene rings is 1. The molecule has 1 rings (SSSR count). The van der Waals surface area contributed by atoms with E-state index in [1.807, 2.05) is 19.9 Å². The van der Waals surface area contributed by atoms with Crippen LogP contribution in [0.5, 0.6) is 0 Å². The van der Waals surface area contributed by atoms with Crippen molar-refractivity contribution in [3.8, 4) is 0 Å². The molecule has 0 unspecified atom stereocenters. The highest BCUT2D eigenvalue weighted by Gasteiger charge is 2.03. The van der Waals surface area contributed by atoms with E-state index in [-0.39, 0.29) is 5.82 Å². The Bertz CT molecular complexity index is 469. The summed E-state index contributed by atoms with van der Waals surface area (Å²) in [6, 6.07) is 4.99. The monoisotopic (exact) mass is 373 g/mol. The van der Waals surface area contributed by atoms with Crippen molar-refractivity contribution >= 4 is 21.9 Å². The molecule has 0 aromatic heterocycles. The van der Waals surface area contributed by atoms with Crippen molar-refractivity contribution in [2.45, 2.75) is 26.7 Å². The number of hydrogen-bond donors (Lipinski definition) is 2. The number of hydrogen-bond acceptors (Lipinski definition) is 2. The molecule has 0 aliphatic carbocycles. The Balaban J connectivity index is 2.40. The maximum absolute atomic E-state index is 13.7. The fourth-order valence-electron chi connectivity index (χ4n) is 1.89. The maximum Gasteiger partial charge on any atom is 0.191 e. The number of nitrogens with zero attached hydrogens (tertiary/aromatic N) is 1. The normalized spacial score (nSPS) is 11.5. The Morgan fingerprint density at radius 2 is 2.14 bits per heavy atom. The molecule has 22 heavy (non-hydrogen) atoms. The predicted molar refractivity (Wildman–Crippen MR) is 92.9 cm³/mol. The quantitative estimate of drug-likeness (QED) is 0.397. The van der Waals surface area contributed by atoms with Gasteiger partial charge in [0.25, 0.3) is 0 Å². The molecule has 0 radical (unpaired) electrons. The molecular formula is C16H25BrFN3O. The summed E-state index contributed by atoms with van der Waals surface area (Å²) >= 11 is 3.36. The van der Waals surface area contributed by atoms with E-state index in [0.29, 0.717) is 25.1 Å². The van der Waals surface area contributed by atoms with Gasteiger partial charge in [0.1, 0.15) is 5.82 Å². The Morgan fingerprint density at radius 3 is 2.86 bits per heavy atom. The van der Waals surface area contributed by atoms with Gasteiger partial charge in [0.05, 0.1) is 0 Å². The smallest absolute Gasteiger partial charge is 0.191 e. The third-order valence-corrected chi connectivity index (χ3v) is 3.45. The van der Waals surface area contributed by atoms with Gasteiger partial charge in [0.15, 0.2) is 5.96 Å². The molecule has 2 N–H and O–H groups in total. The molecule has 0 spiro atoms. The van der Waals surface area contributed by atoms with E-state index < -0.39 is 0 Å². The van der Waals surface area contributed by atoms with E-state index in [4.69, 9.17) is 4.74 Å². The van der Waals surface area contributed by atoms with Crippen LogP contribution < -0.4 is 10.6 Å². The lowest BCUT2D eigenvalue weighted by molar-refractivity contribution is 0.146. The van der Waals surface area contributed by atoms with E-state index in [1.165, 1.54) is 6.07 Å². The first-order valence-corrected chi connectivity index (χ1v) is 8.50. The second-order valence-corrected chi connectivity index (χ2v) is 5.64. The number of nitrogens with one attached hydrogen (secondary N) is 2. The minimum absolute atomic E-state index is 0.177. The number of ether oxygens (including phenoxy) is 1. The minimum Gasteiger partial charge on any atom is -0.382 e. The van der Waals surface area contributed by atoms with Crippen LogP contribution >= 0.6 is 15.9 Å². The molecule has 0 aliphatic heterocycles. The van der Waals surface area contributed by atoms with Gasteiger partial charge in [-0.1, -0.05) is 15.9 Å². The van der Waals surface area contributed by atoms with Crippen molar-refractivity contribution in [1.29, 1.82) is 0 Å². The van der Waals surface area contributed by atoms with Crippen LogP contribution in [0.15, 0.2) is 27.7 Å². The van der Waals surface area contributed by atoms with Crippen LogP contribution in [0, 0.1) is 5.82 Å². The van der Waals surface area contributed by atoms with Crippen molar-refractivity contribution in [3.05, 3.63) is 34.1 Å². The maximum atomic E-state index is 13.7. The van der Waals surface area contributed by atoms with Gasteiger partial charge >= 0.3 is 0 Å². The zero-order valence-corrected chi connectivity index (χ0v) is 14.9. The van der Waals surface area contributed by atoms with Crippen molar-refractivity contribution < 1.29 is 9.13 Å². The molecule has 0 saturated carbocycles. The summed E-state index contributed by atoms with van der Waals surface area (Å²) in [6.07, 6.45) is 1.50. The zero-order valence-electron chi connectivity index (χ0n) is 13.3. The van der Waals surface area contributed by atoms with E-state index in [0.717, 1.165) is 36.6 Å². The molecule has 0 heterocycles. The summed E-state index contributed by atoms with van der Waals surface area (Å²) in [4.78, 5) is 4.47. The molecule has 1 aromatic rings. The van der Waals surface area contributed by atoms with Crippen LogP contribution in [0.25, 0.3) is 0 Å². The summed E-state index contributed by atoms with van der Waals surface area (Å²) < 4.78 is 19.8. The van der Waals surface area contributed by atoms with Gasteiger partial charge < -0.3 is 15.4 Å². The van der Waals surface area contributed by atoms with Crippen LogP contribution in [0.2, 0.25) is 0 Å². The first-order chi connectivity index (χ1) is 10.7. The average molecular weight is 374 g/mol. The van der Waals surface area contributed by atoms with Crippen LogP contribution in [0.3, 0.4) is 0 Å². The molecule has 0 bridgehead atoms. The Hall–Kier alpha value is -1.14. The number of halogens is 2. The Labute approximate surface area is 140 Å². The number of rotatable bonds is 9. The molecule has 0 saturated heterocycles. The zero-order chi connectivity index (χ0) is 16.2. The van der Waals surface area contributed by atoms with Crippen LogP contribution in [-0.4, -0.2) is 38.8 Å². The molecule has 0 atom stereocenters. The molecule has 0 fully saturated rings. The van der Waals surface area contributed by atoms with Gasteiger partial charge in [0, 0.05) is 37.3 Å². The summed E-state index contributed by atoms with van der Waals surface area (Å²) in [5.74, 6) is 0.582. The fourth-order valence-corrected chi connectivity index (χ4v) is 2.30. The first kappa shape index (κ1) is 18.9. The van der Waals surface area contributed by atoms with Gasteiger partial charge in [-0.25, -0.2) is 4.39 Å². The van der Waals surface area contributed by atoms with Crippen LogP contribution in [-0.2, 0) is 11.2 Å². The highest BCUT2D eigenvalue weighted by atomic mass is 79.9. The highest BCUT2D eigenvalue weighted by Crippen LogP contribution is 2.15. The fraction of sp³-hybridized carbons (Fsp3) is 0.562. The third kappa shape index (κ3) is 7.75. The molecular weight excluding hydrogens is 349 g/mol. The molecule has 4 nitrogen and oxygen atoms in total. The van der Waals surface area contributed by atoms with Crippen molar-refractivity contribution in [1.82, 2.24) is 10.6 Å². The summed E-state index contributed by atoms with van der Waals surface area (Å²) in [5.41, 5.74) is 0.689. The van der Waals surface area contributed by atoms with E-state index >= 15 is 0 Å². The first-order valence-electron chi connectivity index (χ1n) is 7.71. The van der Waals surface area contributed by atoms with Gasteiger partial charge in [-0.3, -0.25) is 4.99 Å². The molecule has 0 aliphatic rings. The number of aliphatic imine (C=N–C) groups is 1. The largest absolute Gasteiger partial charge is 0.382 e. The van der Waals surface area contributed by atoms with E-state index in [1.54, 1.807) is 6.07 Å². The lowest BCUT2D eigenvalue weighted by Crippen LogP contribution is -2.38. The van der Waals surface area contributed by atoms with Crippen molar-refractivity contribution in [2.24, 2.45) is 4.99 Å². The molecule has 124 valence electrons. The SMILES string of the molecule is CCNC(=NCCCOCC)NCCc1cc(Br)ccc1F. The van der Waals surface area contributed by atoms with E-state index in [2.05, 4.69) is 31.6 Å². The van der Waals surface area contributed by atoms with Gasteiger partial charge in [0.2, 0.25) is 0 Å². The number of guanidine groups is 1. The van der Waals surface area contributed by atoms with Crippen LogP contribution in [0.4, 0.5) is 4.39 Å². The Kier molecular flexibility index (Phi) is 9.82. The van der Waals surface area contributed by atoms with Crippen molar-refractivity contribution in [2.75, 3.05) is 32.8 Å². The second-order valence-electron chi connectivity index (χ2n) is 4.72. The minimum atomic E-state index is -0.177. The third-order valence-electron chi connectivity index (χ3n) is 2.96. The summed E-state index contributed by atoms with van der Waals surface area (Å²) in [5, 5.41) is 6.40. The van der Waals surface area contributed by atoms with Gasteiger partial charge in [-0.05, 0) is 50.5 Å². The topological polar surface area (TPSA) is 45.7 Å². The van der Waals surface area contributed by atoms with Gasteiger partial charge in [-0.15, -0.1) is 0 Å². The highest BCUT2D eigenvalue weighted by molar-refractivity contribution is 9.10. The van der Waals surface area contributed by atoms with E-state index in [9.17, 15) is 4.39 Å². The van der Waals surface area contributed by atoms with Gasteiger partial charge in [-0.2, -0.15) is 0 Å². The summed E-state index contributed by atoms with van der Waals surface area (Å²) in [6.45, 7) is 7.60. The van der Waals surface area contributed by atoms with Crippen molar-refractivity contribution in [3.63, 3.8) is 0 Å². The lowest BCUT2D eigenvalue weighted by Gasteiger charge is -2.11. The molecule has 0 amide bonds. The predicted octanol–water partition coefficient (Wildman–Crippen LogP) is 3.11. The van der Waals surface area contributed by atoms with Crippen LogP contribution in [0.1, 0.15) is 25.8 Å². The molecule has 1 aromatic carbocycles. The average Bonchev–Trinajstić information content (AvgIpc) is 2.50.